The highest BCUT2D eigenvalue weighted by Crippen LogP contribution is 2.32. The summed E-state index contributed by atoms with van der Waals surface area (Å²) in [7, 11) is 0. The van der Waals surface area contributed by atoms with Gasteiger partial charge in [-0.1, -0.05) is 0 Å². The largest absolute Gasteiger partial charge is 0.573 e. The molecular formula is C9H5F4IN2O. The molecule has 0 aliphatic rings. The Balaban J connectivity index is 3.29. The summed E-state index contributed by atoms with van der Waals surface area (Å²) in [5, 5.41) is 8.51. The van der Waals surface area contributed by atoms with Crippen LogP contribution >= 0.6 is 22.6 Å². The molecule has 0 aliphatic heterocycles. The van der Waals surface area contributed by atoms with Crippen LogP contribution in [0.3, 0.4) is 0 Å². The van der Waals surface area contributed by atoms with Crippen LogP contribution < -0.4 is 4.74 Å². The Labute approximate surface area is 108 Å². The van der Waals surface area contributed by atoms with Crippen molar-refractivity contribution >= 4 is 22.6 Å². The van der Waals surface area contributed by atoms with Gasteiger partial charge >= 0.3 is 6.36 Å². The minimum absolute atomic E-state index is 0.0716. The molecule has 0 N–H and O–H groups in total. The molecule has 0 atom stereocenters. The Bertz CT molecular complexity index is 456. The van der Waals surface area contributed by atoms with Crippen molar-refractivity contribution in [1.29, 1.82) is 5.26 Å². The average molecular weight is 360 g/mol. The summed E-state index contributed by atoms with van der Waals surface area (Å²) in [5.41, 5.74) is -0.384. The first-order valence-electron chi connectivity index (χ1n) is 4.24. The molecule has 1 rings (SSSR count). The number of alkyl halides is 4. The molecule has 1 heterocycles. The fourth-order valence-corrected chi connectivity index (χ4v) is 1.72. The second kappa shape index (κ2) is 5.48. The third-order valence-corrected chi connectivity index (χ3v) is 2.54. The Kier molecular flexibility index (Phi) is 4.50. The van der Waals surface area contributed by atoms with Crippen LogP contribution in [0.4, 0.5) is 17.6 Å². The minimum atomic E-state index is -4.89. The van der Waals surface area contributed by atoms with Crippen LogP contribution in [0.15, 0.2) is 6.20 Å². The van der Waals surface area contributed by atoms with Crippen LogP contribution in [0.1, 0.15) is 11.3 Å². The molecule has 0 fully saturated rings. The van der Waals surface area contributed by atoms with Gasteiger partial charge in [0.25, 0.3) is 0 Å². The monoisotopic (exact) mass is 360 g/mol. The van der Waals surface area contributed by atoms with E-state index in [1.54, 1.807) is 28.7 Å². The molecule has 0 amide bonds. The Morgan fingerprint density at radius 3 is 2.59 bits per heavy atom. The van der Waals surface area contributed by atoms with Gasteiger partial charge in [-0.2, -0.15) is 5.26 Å². The van der Waals surface area contributed by atoms with Crippen LogP contribution in [-0.2, 0) is 13.1 Å². The van der Waals surface area contributed by atoms with Crippen LogP contribution in [0.2, 0.25) is 0 Å². The van der Waals surface area contributed by atoms with Crippen molar-refractivity contribution < 1.29 is 22.3 Å². The highest BCUT2D eigenvalue weighted by Gasteiger charge is 2.33. The van der Waals surface area contributed by atoms with Crippen molar-refractivity contribution in [2.45, 2.75) is 19.5 Å². The van der Waals surface area contributed by atoms with Gasteiger partial charge in [0, 0.05) is 11.8 Å². The second-order valence-corrected chi connectivity index (χ2v) is 4.04. The fraction of sp³-hybridized carbons (Fsp3) is 0.333. The van der Waals surface area contributed by atoms with Gasteiger partial charge in [-0.25, -0.2) is 4.39 Å². The van der Waals surface area contributed by atoms with Crippen molar-refractivity contribution in [2.75, 3.05) is 0 Å². The molecule has 1 aromatic rings. The van der Waals surface area contributed by atoms with E-state index in [2.05, 4.69) is 9.72 Å². The molecule has 3 nitrogen and oxygen atoms in total. The van der Waals surface area contributed by atoms with Gasteiger partial charge in [0.15, 0.2) is 5.75 Å². The number of halogens is 5. The third-order valence-electron chi connectivity index (χ3n) is 1.77. The molecular weight excluding hydrogens is 355 g/mol. The SMILES string of the molecule is N#CCc1c(CF)ncc(I)c1OC(F)(F)F. The maximum Gasteiger partial charge on any atom is 0.573 e. The van der Waals surface area contributed by atoms with Gasteiger partial charge in [-0.05, 0) is 22.6 Å². The van der Waals surface area contributed by atoms with Crippen LogP contribution in [0.5, 0.6) is 5.75 Å². The van der Waals surface area contributed by atoms with Gasteiger partial charge in [-0.3, -0.25) is 4.98 Å². The quantitative estimate of drug-likeness (QED) is 0.615. The van der Waals surface area contributed by atoms with Crippen molar-refractivity contribution in [3.63, 3.8) is 0 Å². The Morgan fingerprint density at radius 2 is 2.12 bits per heavy atom. The van der Waals surface area contributed by atoms with Crippen LogP contribution in [-0.4, -0.2) is 11.3 Å². The summed E-state index contributed by atoms with van der Waals surface area (Å²) in [5.74, 6) is -0.553. The average Bonchev–Trinajstić information content (AvgIpc) is 2.22. The van der Waals surface area contributed by atoms with E-state index in [9.17, 15) is 17.6 Å². The molecule has 0 aliphatic carbocycles. The van der Waals surface area contributed by atoms with E-state index in [1.807, 2.05) is 0 Å². The van der Waals surface area contributed by atoms with Gasteiger partial charge in [0.2, 0.25) is 0 Å². The van der Waals surface area contributed by atoms with Gasteiger partial charge in [-0.15, -0.1) is 13.2 Å². The third kappa shape index (κ3) is 3.69. The van der Waals surface area contributed by atoms with Crippen LogP contribution in [0.25, 0.3) is 0 Å². The van der Waals surface area contributed by atoms with E-state index in [0.29, 0.717) is 0 Å². The minimum Gasteiger partial charge on any atom is -0.404 e. The van der Waals surface area contributed by atoms with E-state index < -0.39 is 25.2 Å². The fourth-order valence-electron chi connectivity index (χ4n) is 1.15. The van der Waals surface area contributed by atoms with E-state index in [4.69, 9.17) is 5.26 Å². The smallest absolute Gasteiger partial charge is 0.404 e. The maximum atomic E-state index is 12.5. The number of ether oxygens (including phenoxy) is 1. The lowest BCUT2D eigenvalue weighted by Crippen LogP contribution is -2.19. The van der Waals surface area contributed by atoms with E-state index in [-0.39, 0.29) is 14.8 Å². The standard InChI is InChI=1S/C9H5F4IN2O/c10-3-7-5(1-2-15)8(6(14)4-16-7)17-9(11,12)13/h4H,1,3H2. The normalized spacial score (nSPS) is 11.1. The summed E-state index contributed by atoms with van der Waals surface area (Å²) in [6, 6.07) is 1.65. The van der Waals surface area contributed by atoms with E-state index in [0.717, 1.165) is 6.20 Å². The molecule has 17 heavy (non-hydrogen) atoms. The van der Waals surface area contributed by atoms with Gasteiger partial charge in [0.1, 0.15) is 6.67 Å². The summed E-state index contributed by atoms with van der Waals surface area (Å²) in [6.07, 6.45) is -4.22. The van der Waals surface area contributed by atoms with Crippen molar-refractivity contribution in [2.24, 2.45) is 0 Å². The summed E-state index contributed by atoms with van der Waals surface area (Å²) in [4.78, 5) is 3.63. The van der Waals surface area contributed by atoms with Crippen molar-refractivity contribution in [3.05, 3.63) is 21.0 Å². The molecule has 0 saturated carbocycles. The number of hydrogen-bond donors (Lipinski definition) is 0. The number of aromatic nitrogens is 1. The van der Waals surface area contributed by atoms with Crippen molar-refractivity contribution in [3.8, 4) is 11.8 Å². The summed E-state index contributed by atoms with van der Waals surface area (Å²) < 4.78 is 52.9. The summed E-state index contributed by atoms with van der Waals surface area (Å²) in [6.45, 7) is -1.05. The highest BCUT2D eigenvalue weighted by atomic mass is 127. The van der Waals surface area contributed by atoms with E-state index in [1.165, 1.54) is 0 Å². The van der Waals surface area contributed by atoms with Crippen LogP contribution in [0, 0.1) is 14.9 Å². The first-order valence-corrected chi connectivity index (χ1v) is 5.31. The maximum absolute atomic E-state index is 12.5. The zero-order valence-corrected chi connectivity index (χ0v) is 10.3. The number of pyridine rings is 1. The molecule has 0 unspecified atom stereocenters. The highest BCUT2D eigenvalue weighted by molar-refractivity contribution is 14.1. The van der Waals surface area contributed by atoms with Gasteiger partial charge in [0.05, 0.1) is 21.8 Å². The summed E-state index contributed by atoms with van der Waals surface area (Å²) >= 11 is 1.58. The first-order chi connectivity index (χ1) is 7.89. The molecule has 0 saturated heterocycles. The van der Waals surface area contributed by atoms with Crippen molar-refractivity contribution in [1.82, 2.24) is 4.98 Å². The second-order valence-electron chi connectivity index (χ2n) is 2.88. The van der Waals surface area contributed by atoms with Gasteiger partial charge < -0.3 is 4.74 Å². The molecule has 0 aromatic carbocycles. The lowest BCUT2D eigenvalue weighted by atomic mass is 10.1. The predicted molar refractivity (Wildman–Crippen MR) is 57.8 cm³/mol. The zero-order valence-electron chi connectivity index (χ0n) is 8.18. The zero-order chi connectivity index (χ0) is 13.1. The Hall–Kier alpha value is -1.11. The number of nitrogens with zero attached hydrogens (tertiary/aromatic N) is 2. The molecule has 8 heteroatoms. The molecule has 0 radical (unpaired) electrons. The predicted octanol–water partition coefficient (Wildman–Crippen LogP) is 3.12. The number of hydrogen-bond acceptors (Lipinski definition) is 3. The number of nitriles is 1. The topological polar surface area (TPSA) is 45.9 Å². The van der Waals surface area contributed by atoms with E-state index >= 15 is 0 Å². The lowest BCUT2D eigenvalue weighted by Gasteiger charge is -2.15. The molecule has 0 spiro atoms. The molecule has 92 valence electrons. The molecule has 0 bridgehead atoms. The lowest BCUT2D eigenvalue weighted by molar-refractivity contribution is -0.275. The first kappa shape index (κ1) is 14.0. The Morgan fingerprint density at radius 1 is 1.47 bits per heavy atom. The molecule has 1 aromatic heterocycles. The number of rotatable bonds is 3.